The molecule has 124 valence electrons. The molecule has 1 fully saturated rings. The summed E-state index contributed by atoms with van der Waals surface area (Å²) in [6.07, 6.45) is 1.01. The molecular formula is C20H21ClN2O. The lowest BCUT2D eigenvalue weighted by atomic mass is 9.88. The van der Waals surface area contributed by atoms with E-state index >= 15 is 0 Å². The molecule has 0 aromatic heterocycles. The summed E-state index contributed by atoms with van der Waals surface area (Å²) in [6, 6.07) is 13.9. The molecule has 2 aliphatic heterocycles. The Morgan fingerprint density at radius 1 is 1.17 bits per heavy atom. The number of carbonyl (C=O) groups is 1. The molecule has 0 unspecified atom stereocenters. The van der Waals surface area contributed by atoms with E-state index in [1.807, 2.05) is 17.0 Å². The van der Waals surface area contributed by atoms with E-state index < -0.39 is 0 Å². The van der Waals surface area contributed by atoms with Gasteiger partial charge in [-0.1, -0.05) is 29.3 Å². The molecule has 1 saturated heterocycles. The maximum atomic E-state index is 13.2. The number of piperidine rings is 1. The molecule has 2 aromatic carbocycles. The molecule has 0 N–H and O–H groups in total. The molecule has 2 heterocycles. The van der Waals surface area contributed by atoms with E-state index in [0.717, 1.165) is 25.2 Å². The second-order valence-corrected chi connectivity index (χ2v) is 7.41. The second kappa shape index (κ2) is 5.91. The van der Waals surface area contributed by atoms with Gasteiger partial charge < -0.3 is 9.80 Å². The minimum absolute atomic E-state index is 0.0776. The number of amides is 1. The van der Waals surface area contributed by atoms with Gasteiger partial charge in [-0.15, -0.1) is 0 Å². The minimum atomic E-state index is 0.0776. The first-order valence-electron chi connectivity index (χ1n) is 8.43. The van der Waals surface area contributed by atoms with Crippen LogP contribution in [0.25, 0.3) is 0 Å². The Kier molecular flexibility index (Phi) is 3.86. The number of aryl methyl sites for hydroxylation is 1. The van der Waals surface area contributed by atoms with Crippen LogP contribution >= 0.6 is 11.6 Å². The quantitative estimate of drug-likeness (QED) is 0.780. The number of carbonyl (C=O) groups excluding carboxylic acids is 1. The molecule has 0 aliphatic carbocycles. The molecule has 0 bridgehead atoms. The summed E-state index contributed by atoms with van der Waals surface area (Å²) in [5.74, 6) is 0.476. The van der Waals surface area contributed by atoms with Crippen molar-refractivity contribution < 1.29 is 4.79 Å². The highest BCUT2D eigenvalue weighted by Gasteiger charge is 2.43. The summed E-state index contributed by atoms with van der Waals surface area (Å²) in [5, 5.41) is 0.654. The molecule has 0 saturated carbocycles. The summed E-state index contributed by atoms with van der Waals surface area (Å²) in [7, 11) is 2.16. The Labute approximate surface area is 147 Å². The van der Waals surface area contributed by atoms with Crippen LogP contribution in [0.5, 0.6) is 0 Å². The van der Waals surface area contributed by atoms with Gasteiger partial charge in [-0.2, -0.15) is 0 Å². The van der Waals surface area contributed by atoms with Crippen LogP contribution in [0, 0.1) is 6.92 Å². The van der Waals surface area contributed by atoms with Crippen molar-refractivity contribution in [3.8, 4) is 0 Å². The fourth-order valence-electron chi connectivity index (χ4n) is 4.08. The molecule has 2 atom stereocenters. The molecule has 2 aliphatic rings. The summed E-state index contributed by atoms with van der Waals surface area (Å²) < 4.78 is 0. The van der Waals surface area contributed by atoms with Gasteiger partial charge in [0.1, 0.15) is 0 Å². The zero-order valence-corrected chi connectivity index (χ0v) is 14.8. The van der Waals surface area contributed by atoms with Gasteiger partial charge in [-0.25, -0.2) is 0 Å². The maximum absolute atomic E-state index is 13.2. The zero-order valence-electron chi connectivity index (χ0n) is 14.0. The van der Waals surface area contributed by atoms with Crippen LogP contribution in [0.4, 0.5) is 5.69 Å². The third kappa shape index (κ3) is 2.52. The standard InChI is InChI=1S/C20H21ClN2O/c1-13-3-8-18-16(11-13)17-12-22(2)10-9-19(17)23(18)20(24)14-4-6-15(21)7-5-14/h3-8,11,17,19H,9-10,12H2,1-2H3/t17-,19-/m0/s1. The smallest absolute Gasteiger partial charge is 0.258 e. The van der Waals surface area contributed by atoms with E-state index in [4.69, 9.17) is 11.6 Å². The van der Waals surface area contributed by atoms with E-state index in [1.54, 1.807) is 12.1 Å². The lowest BCUT2D eigenvalue weighted by Crippen LogP contribution is -2.47. The molecule has 24 heavy (non-hydrogen) atoms. The van der Waals surface area contributed by atoms with Gasteiger partial charge in [0.25, 0.3) is 5.91 Å². The predicted octanol–water partition coefficient (Wildman–Crippen LogP) is 4.10. The largest absolute Gasteiger partial charge is 0.306 e. The number of likely N-dealkylation sites (N-methyl/N-ethyl adjacent to an activating group) is 1. The fraction of sp³-hybridized carbons (Fsp3) is 0.350. The van der Waals surface area contributed by atoms with Gasteiger partial charge in [0, 0.05) is 34.8 Å². The Morgan fingerprint density at radius 2 is 1.92 bits per heavy atom. The van der Waals surface area contributed by atoms with E-state index in [0.29, 0.717) is 16.5 Å². The van der Waals surface area contributed by atoms with Crippen LogP contribution < -0.4 is 4.90 Å². The van der Waals surface area contributed by atoms with Crippen LogP contribution in [0.15, 0.2) is 42.5 Å². The fourth-order valence-corrected chi connectivity index (χ4v) is 4.20. The lowest BCUT2D eigenvalue weighted by Gasteiger charge is -2.36. The molecular weight excluding hydrogens is 320 g/mol. The van der Waals surface area contributed by atoms with Gasteiger partial charge >= 0.3 is 0 Å². The normalized spacial score (nSPS) is 23.0. The Morgan fingerprint density at radius 3 is 2.67 bits per heavy atom. The van der Waals surface area contributed by atoms with E-state index in [1.165, 1.54) is 11.1 Å². The van der Waals surface area contributed by atoms with Crippen molar-refractivity contribution in [2.24, 2.45) is 0 Å². The Bertz CT molecular complexity index is 787. The number of benzene rings is 2. The van der Waals surface area contributed by atoms with Crippen molar-refractivity contribution in [2.45, 2.75) is 25.3 Å². The Hall–Kier alpha value is -1.84. The number of hydrogen-bond donors (Lipinski definition) is 0. The van der Waals surface area contributed by atoms with Gasteiger partial charge in [0.15, 0.2) is 0 Å². The third-order valence-electron chi connectivity index (χ3n) is 5.26. The van der Waals surface area contributed by atoms with Gasteiger partial charge in [0.2, 0.25) is 0 Å². The van der Waals surface area contributed by atoms with Crippen molar-refractivity contribution in [3.63, 3.8) is 0 Å². The van der Waals surface area contributed by atoms with Crippen LogP contribution in [0.3, 0.4) is 0 Å². The SMILES string of the molecule is Cc1ccc2c(c1)[C@@H]1CN(C)CC[C@@H]1N2C(=O)c1ccc(Cl)cc1. The van der Waals surface area contributed by atoms with Crippen molar-refractivity contribution in [1.29, 1.82) is 0 Å². The average Bonchev–Trinajstić information content (AvgIpc) is 2.88. The highest BCUT2D eigenvalue weighted by molar-refractivity contribution is 6.30. The van der Waals surface area contributed by atoms with E-state index in [2.05, 4.69) is 37.1 Å². The molecule has 0 spiro atoms. The summed E-state index contributed by atoms with van der Waals surface area (Å²) >= 11 is 5.97. The second-order valence-electron chi connectivity index (χ2n) is 6.97. The number of anilines is 1. The number of nitrogens with zero attached hydrogens (tertiary/aromatic N) is 2. The van der Waals surface area contributed by atoms with Crippen LogP contribution in [0.1, 0.15) is 33.8 Å². The monoisotopic (exact) mass is 340 g/mol. The van der Waals surface area contributed by atoms with Crippen molar-refractivity contribution in [3.05, 3.63) is 64.2 Å². The van der Waals surface area contributed by atoms with E-state index in [9.17, 15) is 4.79 Å². The predicted molar refractivity (Wildman–Crippen MR) is 98.1 cm³/mol. The molecule has 2 aromatic rings. The highest BCUT2D eigenvalue weighted by Crippen LogP contribution is 2.45. The summed E-state index contributed by atoms with van der Waals surface area (Å²) in [6.45, 7) is 4.15. The number of hydrogen-bond acceptors (Lipinski definition) is 2. The lowest BCUT2D eigenvalue weighted by molar-refractivity contribution is 0.0964. The first-order valence-corrected chi connectivity index (χ1v) is 8.80. The average molecular weight is 341 g/mol. The van der Waals surface area contributed by atoms with Crippen molar-refractivity contribution >= 4 is 23.2 Å². The molecule has 3 nitrogen and oxygen atoms in total. The van der Waals surface area contributed by atoms with Crippen LogP contribution in [0.2, 0.25) is 5.02 Å². The molecule has 0 radical (unpaired) electrons. The van der Waals surface area contributed by atoms with E-state index in [-0.39, 0.29) is 11.9 Å². The van der Waals surface area contributed by atoms with Gasteiger partial charge in [0.05, 0.1) is 0 Å². The van der Waals surface area contributed by atoms with Crippen molar-refractivity contribution in [2.75, 3.05) is 25.0 Å². The van der Waals surface area contributed by atoms with Crippen molar-refractivity contribution in [1.82, 2.24) is 4.90 Å². The maximum Gasteiger partial charge on any atom is 0.258 e. The first-order chi connectivity index (χ1) is 11.5. The molecule has 4 heteroatoms. The highest BCUT2D eigenvalue weighted by atomic mass is 35.5. The number of halogens is 1. The number of likely N-dealkylation sites (tertiary alicyclic amines) is 1. The first kappa shape index (κ1) is 15.7. The number of rotatable bonds is 1. The summed E-state index contributed by atoms with van der Waals surface area (Å²) in [4.78, 5) is 17.6. The zero-order chi connectivity index (χ0) is 16.8. The van der Waals surface area contributed by atoms with Crippen LogP contribution in [-0.4, -0.2) is 37.0 Å². The molecule has 4 rings (SSSR count). The Balaban J connectivity index is 1.77. The molecule has 1 amide bonds. The summed E-state index contributed by atoms with van der Waals surface area (Å²) in [5.41, 5.74) is 4.34. The topological polar surface area (TPSA) is 23.6 Å². The van der Waals surface area contributed by atoms with Gasteiger partial charge in [-0.3, -0.25) is 4.79 Å². The third-order valence-corrected chi connectivity index (χ3v) is 5.52. The minimum Gasteiger partial charge on any atom is -0.306 e. The van der Waals surface area contributed by atoms with Crippen LogP contribution in [-0.2, 0) is 0 Å². The number of fused-ring (bicyclic) bond motifs is 3. The van der Waals surface area contributed by atoms with Gasteiger partial charge in [-0.05, 0) is 62.8 Å².